The van der Waals surface area contributed by atoms with E-state index in [-0.39, 0.29) is 11.5 Å². The maximum absolute atomic E-state index is 10.9. The molecule has 33 heavy (non-hydrogen) atoms. The van der Waals surface area contributed by atoms with E-state index in [0.29, 0.717) is 35.8 Å². The fraction of sp³-hybridized carbons (Fsp3) is 0.793. The van der Waals surface area contributed by atoms with Crippen molar-refractivity contribution in [2.75, 3.05) is 0 Å². The van der Waals surface area contributed by atoms with Crippen molar-refractivity contribution in [2.24, 2.45) is 11.8 Å². The molecule has 0 bridgehead atoms. The second-order valence-electron chi connectivity index (χ2n) is 11.8. The maximum Gasteiger partial charge on any atom is 0.122 e. The Morgan fingerprint density at radius 1 is 0.636 bits per heavy atom. The molecule has 4 N–H and O–H groups in total. The first-order valence-electron chi connectivity index (χ1n) is 13.1. The summed E-state index contributed by atoms with van der Waals surface area (Å²) in [4.78, 5) is 0. The summed E-state index contributed by atoms with van der Waals surface area (Å²) in [5.74, 6) is 1.87. The molecule has 0 heterocycles. The van der Waals surface area contributed by atoms with Crippen LogP contribution >= 0.6 is 0 Å². The van der Waals surface area contributed by atoms with Crippen LogP contribution in [0.2, 0.25) is 0 Å². The van der Waals surface area contributed by atoms with Gasteiger partial charge in [-0.25, -0.2) is 0 Å². The Morgan fingerprint density at radius 2 is 1.09 bits per heavy atom. The largest absolute Gasteiger partial charge is 0.507 e. The molecular formula is C29H52O4. The molecule has 0 fully saturated rings. The first-order chi connectivity index (χ1) is 15.1. The molecule has 3 atom stereocenters. The summed E-state index contributed by atoms with van der Waals surface area (Å²) >= 11 is 0. The summed E-state index contributed by atoms with van der Waals surface area (Å²) in [6.07, 6.45) is 10.9. The van der Waals surface area contributed by atoms with E-state index in [1.807, 2.05) is 41.5 Å². The van der Waals surface area contributed by atoms with E-state index in [0.717, 1.165) is 43.2 Å². The zero-order valence-corrected chi connectivity index (χ0v) is 22.7. The summed E-state index contributed by atoms with van der Waals surface area (Å²) in [5, 5.41) is 41.6. The Labute approximate surface area is 203 Å². The van der Waals surface area contributed by atoms with Gasteiger partial charge in [-0.2, -0.15) is 0 Å². The first kappa shape index (κ1) is 29.8. The van der Waals surface area contributed by atoms with Gasteiger partial charge in [0.1, 0.15) is 11.5 Å². The first-order valence-corrected chi connectivity index (χ1v) is 13.1. The summed E-state index contributed by atoms with van der Waals surface area (Å²) in [5.41, 5.74) is 1.58. The molecule has 4 heteroatoms. The number of rotatable bonds is 15. The highest BCUT2D eigenvalue weighted by Gasteiger charge is 2.23. The Hall–Kier alpha value is -1.26. The van der Waals surface area contributed by atoms with Crippen LogP contribution in [0.15, 0.2) is 0 Å². The van der Waals surface area contributed by atoms with Crippen LogP contribution in [-0.2, 0) is 6.42 Å². The third-order valence-corrected chi connectivity index (χ3v) is 7.57. The molecular weight excluding hydrogens is 412 g/mol. The number of aliphatic hydroxyl groups is 2. The third-order valence-electron chi connectivity index (χ3n) is 7.57. The van der Waals surface area contributed by atoms with E-state index >= 15 is 0 Å². The Morgan fingerprint density at radius 3 is 1.61 bits per heavy atom. The van der Waals surface area contributed by atoms with Crippen LogP contribution in [0.3, 0.4) is 0 Å². The molecule has 1 aromatic carbocycles. The van der Waals surface area contributed by atoms with Gasteiger partial charge in [0.2, 0.25) is 0 Å². The minimum absolute atomic E-state index is 0.250. The highest BCUT2D eigenvalue weighted by Crippen LogP contribution is 2.38. The van der Waals surface area contributed by atoms with Crippen LogP contribution in [-0.4, -0.2) is 31.6 Å². The molecule has 0 amide bonds. The van der Waals surface area contributed by atoms with E-state index in [1.54, 1.807) is 0 Å². The lowest BCUT2D eigenvalue weighted by Crippen LogP contribution is -2.25. The van der Waals surface area contributed by atoms with Crippen molar-refractivity contribution in [3.63, 3.8) is 0 Å². The molecule has 192 valence electrons. The predicted octanol–water partition coefficient (Wildman–Crippen LogP) is 7.26. The minimum atomic E-state index is -0.776. The molecule has 0 aliphatic heterocycles. The lowest BCUT2D eigenvalue weighted by atomic mass is 9.86. The van der Waals surface area contributed by atoms with E-state index in [9.17, 15) is 20.4 Å². The van der Waals surface area contributed by atoms with Crippen LogP contribution in [0, 0.1) is 32.6 Å². The highest BCUT2D eigenvalue weighted by molar-refractivity contribution is 5.56. The van der Waals surface area contributed by atoms with Crippen molar-refractivity contribution < 1.29 is 20.4 Å². The average Bonchev–Trinajstić information content (AvgIpc) is 2.69. The predicted molar refractivity (Wildman–Crippen MR) is 139 cm³/mol. The molecule has 0 aliphatic carbocycles. The van der Waals surface area contributed by atoms with Crippen molar-refractivity contribution in [1.82, 2.24) is 0 Å². The highest BCUT2D eigenvalue weighted by atomic mass is 16.3. The molecule has 0 saturated heterocycles. The van der Waals surface area contributed by atoms with E-state index < -0.39 is 11.2 Å². The van der Waals surface area contributed by atoms with Gasteiger partial charge in [0, 0.05) is 5.56 Å². The van der Waals surface area contributed by atoms with Crippen molar-refractivity contribution >= 4 is 0 Å². The fourth-order valence-corrected chi connectivity index (χ4v) is 4.83. The summed E-state index contributed by atoms with van der Waals surface area (Å²) in [6.45, 7) is 15.8. The van der Waals surface area contributed by atoms with Crippen molar-refractivity contribution in [3.8, 4) is 11.5 Å². The van der Waals surface area contributed by atoms with Gasteiger partial charge < -0.3 is 20.4 Å². The number of phenolic OH excluding ortho intramolecular Hbond substituents is 2. The molecule has 3 unspecified atom stereocenters. The third kappa shape index (κ3) is 10.7. The van der Waals surface area contributed by atoms with Crippen LogP contribution in [0.5, 0.6) is 11.5 Å². The zero-order chi connectivity index (χ0) is 25.4. The second kappa shape index (κ2) is 13.0. The van der Waals surface area contributed by atoms with E-state index in [4.69, 9.17) is 0 Å². The van der Waals surface area contributed by atoms with Crippen molar-refractivity contribution in [3.05, 3.63) is 22.3 Å². The van der Waals surface area contributed by atoms with Gasteiger partial charge in [-0.15, -0.1) is 0 Å². The fourth-order valence-electron chi connectivity index (χ4n) is 4.83. The lowest BCUT2D eigenvalue weighted by Gasteiger charge is -2.25. The summed E-state index contributed by atoms with van der Waals surface area (Å²) in [7, 11) is 0. The zero-order valence-electron chi connectivity index (χ0n) is 22.7. The van der Waals surface area contributed by atoms with Crippen LogP contribution in [0.4, 0.5) is 0 Å². The van der Waals surface area contributed by atoms with Crippen LogP contribution in [0.25, 0.3) is 0 Å². The topological polar surface area (TPSA) is 80.9 Å². The van der Waals surface area contributed by atoms with Crippen LogP contribution in [0.1, 0.15) is 121 Å². The number of benzene rings is 1. The maximum atomic E-state index is 10.9. The molecule has 1 aromatic rings. The van der Waals surface area contributed by atoms with Crippen molar-refractivity contribution in [1.29, 1.82) is 0 Å². The molecule has 0 saturated carbocycles. The van der Waals surface area contributed by atoms with Crippen molar-refractivity contribution in [2.45, 2.75) is 137 Å². The van der Waals surface area contributed by atoms with Gasteiger partial charge >= 0.3 is 0 Å². The van der Waals surface area contributed by atoms with Gasteiger partial charge in [-0.3, -0.25) is 0 Å². The molecule has 4 nitrogen and oxygen atoms in total. The van der Waals surface area contributed by atoms with E-state index in [1.165, 1.54) is 25.7 Å². The monoisotopic (exact) mass is 464 g/mol. The number of phenols is 2. The standard InChI is InChI=1S/C29H52O4/c1-20(14-10-17-28(6,7)32)12-9-13-21(2)15-11-18-29(8,33)19-16-25-24(5)26(30)22(3)23(4)27(25)31/h20-21,30-33H,9-19H2,1-8H3. The minimum Gasteiger partial charge on any atom is -0.507 e. The normalized spacial score (nSPS) is 15.9. The second-order valence-corrected chi connectivity index (χ2v) is 11.8. The quantitative estimate of drug-likeness (QED) is 0.206. The van der Waals surface area contributed by atoms with Gasteiger partial charge in [0.25, 0.3) is 0 Å². The molecule has 0 aliphatic rings. The summed E-state index contributed by atoms with van der Waals surface area (Å²) < 4.78 is 0. The number of hydrogen-bond acceptors (Lipinski definition) is 4. The molecule has 1 rings (SSSR count). The van der Waals surface area contributed by atoms with E-state index in [2.05, 4.69) is 13.8 Å². The lowest BCUT2D eigenvalue weighted by molar-refractivity contribution is 0.0384. The van der Waals surface area contributed by atoms with Gasteiger partial charge in [-0.1, -0.05) is 58.8 Å². The Balaban J connectivity index is 2.35. The van der Waals surface area contributed by atoms with Crippen LogP contribution < -0.4 is 0 Å². The Bertz CT molecular complexity index is 701. The molecule has 0 radical (unpaired) electrons. The SMILES string of the molecule is Cc1c(C)c(O)c(CCC(C)(O)CCCC(C)CCCC(C)CCCC(C)(C)O)c(C)c1O. The van der Waals surface area contributed by atoms with Gasteiger partial charge in [0.15, 0.2) is 0 Å². The van der Waals surface area contributed by atoms with Gasteiger partial charge in [-0.05, 0) is 95.8 Å². The number of aromatic hydroxyl groups is 2. The smallest absolute Gasteiger partial charge is 0.122 e. The molecule has 0 spiro atoms. The Kier molecular flexibility index (Phi) is 11.7. The average molecular weight is 465 g/mol. The molecule has 0 aromatic heterocycles. The van der Waals surface area contributed by atoms with Gasteiger partial charge in [0.05, 0.1) is 11.2 Å². The summed E-state index contributed by atoms with van der Waals surface area (Å²) in [6, 6.07) is 0. The number of hydrogen-bond donors (Lipinski definition) is 4.